The van der Waals surface area contributed by atoms with Crippen LogP contribution >= 0.6 is 0 Å². The van der Waals surface area contributed by atoms with E-state index in [0.29, 0.717) is 6.04 Å². The van der Waals surface area contributed by atoms with Gasteiger partial charge in [-0.25, -0.2) is 0 Å². The largest absolute Gasteiger partial charge is 0.481 e. The first-order chi connectivity index (χ1) is 7.56. The predicted octanol–water partition coefficient (Wildman–Crippen LogP) is 2.75. The molecule has 1 N–H and O–H groups in total. The number of hydrogen-bond donors (Lipinski definition) is 1. The Balaban J connectivity index is 2.53. The highest BCUT2D eigenvalue weighted by molar-refractivity contribution is 5.67. The fourth-order valence-electron chi connectivity index (χ4n) is 3.08. The average molecular weight is 227 g/mol. The van der Waals surface area contributed by atoms with Crippen LogP contribution in [0.3, 0.4) is 0 Å². The van der Waals surface area contributed by atoms with E-state index in [2.05, 4.69) is 18.7 Å². The molecule has 0 spiro atoms. The van der Waals surface area contributed by atoms with Crippen molar-refractivity contribution in [3.05, 3.63) is 0 Å². The highest BCUT2D eigenvalue weighted by Gasteiger charge is 2.28. The summed E-state index contributed by atoms with van der Waals surface area (Å²) in [6.07, 6.45) is 5.58. The van der Waals surface area contributed by atoms with E-state index < -0.39 is 5.97 Å². The Hall–Kier alpha value is -0.570. The molecule has 0 aromatic carbocycles. The maximum atomic E-state index is 10.7. The van der Waals surface area contributed by atoms with Crippen LogP contribution in [-0.4, -0.2) is 34.6 Å². The highest BCUT2D eigenvalue weighted by atomic mass is 16.4. The third-order valence-electron chi connectivity index (χ3n) is 4.01. The zero-order valence-electron chi connectivity index (χ0n) is 10.8. The molecular weight excluding hydrogens is 202 g/mol. The van der Waals surface area contributed by atoms with E-state index in [9.17, 15) is 4.79 Å². The molecule has 16 heavy (non-hydrogen) atoms. The molecule has 0 aromatic heterocycles. The summed E-state index contributed by atoms with van der Waals surface area (Å²) in [5, 5.41) is 8.85. The Morgan fingerprint density at radius 2 is 1.94 bits per heavy atom. The molecule has 0 heterocycles. The molecule has 2 unspecified atom stereocenters. The smallest absolute Gasteiger partial charge is 0.304 e. The van der Waals surface area contributed by atoms with Gasteiger partial charge in [0.25, 0.3) is 0 Å². The van der Waals surface area contributed by atoms with Gasteiger partial charge in [-0.05, 0) is 39.2 Å². The van der Waals surface area contributed by atoms with Gasteiger partial charge in [-0.2, -0.15) is 0 Å². The molecule has 1 aliphatic rings. The minimum atomic E-state index is -0.690. The van der Waals surface area contributed by atoms with E-state index in [1.807, 2.05) is 6.92 Å². The number of rotatable bonds is 6. The quantitative estimate of drug-likeness (QED) is 0.758. The lowest BCUT2D eigenvalue weighted by molar-refractivity contribution is -0.138. The van der Waals surface area contributed by atoms with E-state index >= 15 is 0 Å². The second-order valence-corrected chi connectivity index (χ2v) is 5.06. The zero-order chi connectivity index (χ0) is 12.1. The summed E-state index contributed by atoms with van der Waals surface area (Å²) < 4.78 is 0. The monoisotopic (exact) mass is 227 g/mol. The van der Waals surface area contributed by atoms with Crippen LogP contribution in [0.15, 0.2) is 0 Å². The molecule has 0 aliphatic heterocycles. The molecule has 0 aromatic rings. The Morgan fingerprint density at radius 3 is 2.38 bits per heavy atom. The van der Waals surface area contributed by atoms with E-state index in [-0.39, 0.29) is 12.5 Å². The van der Waals surface area contributed by atoms with E-state index in [1.165, 1.54) is 25.7 Å². The van der Waals surface area contributed by atoms with Crippen molar-refractivity contribution in [2.45, 2.75) is 65.0 Å². The van der Waals surface area contributed by atoms with Crippen LogP contribution in [-0.2, 0) is 4.79 Å². The van der Waals surface area contributed by atoms with Crippen LogP contribution in [0.5, 0.6) is 0 Å². The van der Waals surface area contributed by atoms with Crippen molar-refractivity contribution in [1.82, 2.24) is 4.90 Å². The molecule has 1 rings (SSSR count). The molecule has 1 aliphatic carbocycles. The summed E-state index contributed by atoms with van der Waals surface area (Å²) in [5.41, 5.74) is 0. The van der Waals surface area contributed by atoms with E-state index in [4.69, 9.17) is 5.11 Å². The molecule has 2 atom stereocenters. The average Bonchev–Trinajstić information content (AvgIpc) is 2.69. The molecule has 94 valence electrons. The molecular formula is C13H25NO2. The number of carboxylic acid groups (broad SMARTS) is 1. The fourth-order valence-corrected chi connectivity index (χ4v) is 3.08. The Bertz CT molecular complexity index is 224. The molecule has 0 radical (unpaired) electrons. The van der Waals surface area contributed by atoms with E-state index in [0.717, 1.165) is 12.5 Å². The Morgan fingerprint density at radius 1 is 1.38 bits per heavy atom. The van der Waals surface area contributed by atoms with Gasteiger partial charge in [-0.15, -0.1) is 0 Å². The standard InChI is InChI=1S/C13H25NO2/c1-4-14(10(2)9-13(15)16)11(3)12-7-5-6-8-12/h10-12H,4-9H2,1-3H3,(H,15,16). The third-order valence-corrected chi connectivity index (χ3v) is 4.01. The van der Waals surface area contributed by atoms with Gasteiger partial charge >= 0.3 is 5.97 Å². The lowest BCUT2D eigenvalue weighted by atomic mass is 9.96. The summed E-state index contributed by atoms with van der Waals surface area (Å²) in [6, 6.07) is 0.681. The molecule has 1 fully saturated rings. The zero-order valence-corrected chi connectivity index (χ0v) is 10.8. The Labute approximate surface area is 98.8 Å². The van der Waals surface area contributed by atoms with Crippen LogP contribution < -0.4 is 0 Å². The van der Waals surface area contributed by atoms with Crippen molar-refractivity contribution in [2.24, 2.45) is 5.92 Å². The number of nitrogens with zero attached hydrogens (tertiary/aromatic N) is 1. The molecule has 0 bridgehead atoms. The van der Waals surface area contributed by atoms with Crippen LogP contribution in [0.4, 0.5) is 0 Å². The van der Waals surface area contributed by atoms with Crippen molar-refractivity contribution >= 4 is 5.97 Å². The van der Waals surface area contributed by atoms with Crippen LogP contribution in [0.25, 0.3) is 0 Å². The lowest BCUT2D eigenvalue weighted by Gasteiger charge is -2.36. The molecule has 1 saturated carbocycles. The van der Waals surface area contributed by atoms with Crippen molar-refractivity contribution in [3.63, 3.8) is 0 Å². The number of carbonyl (C=O) groups is 1. The SMILES string of the molecule is CCN(C(C)CC(=O)O)C(C)C1CCCC1. The molecule has 0 amide bonds. The van der Waals surface area contributed by atoms with Crippen LogP contribution in [0, 0.1) is 5.92 Å². The van der Waals surface area contributed by atoms with Gasteiger partial charge in [0.2, 0.25) is 0 Å². The topological polar surface area (TPSA) is 40.5 Å². The summed E-state index contributed by atoms with van der Waals surface area (Å²) in [4.78, 5) is 13.1. The third kappa shape index (κ3) is 3.48. The van der Waals surface area contributed by atoms with Gasteiger partial charge in [0.1, 0.15) is 0 Å². The highest BCUT2D eigenvalue weighted by Crippen LogP contribution is 2.31. The van der Waals surface area contributed by atoms with Crippen molar-refractivity contribution in [3.8, 4) is 0 Å². The van der Waals surface area contributed by atoms with Crippen molar-refractivity contribution < 1.29 is 9.90 Å². The number of aliphatic carboxylic acids is 1. The van der Waals surface area contributed by atoms with Gasteiger partial charge in [0, 0.05) is 12.1 Å². The van der Waals surface area contributed by atoms with Gasteiger partial charge in [-0.3, -0.25) is 9.69 Å². The minimum absolute atomic E-state index is 0.151. The van der Waals surface area contributed by atoms with Gasteiger partial charge < -0.3 is 5.11 Å². The minimum Gasteiger partial charge on any atom is -0.481 e. The summed E-state index contributed by atoms with van der Waals surface area (Å²) >= 11 is 0. The summed E-state index contributed by atoms with van der Waals surface area (Å²) in [5.74, 6) is 0.0840. The van der Waals surface area contributed by atoms with Crippen molar-refractivity contribution in [2.75, 3.05) is 6.54 Å². The number of hydrogen-bond acceptors (Lipinski definition) is 2. The van der Waals surface area contributed by atoms with Gasteiger partial charge in [0.05, 0.1) is 6.42 Å². The van der Waals surface area contributed by atoms with Crippen LogP contribution in [0.1, 0.15) is 52.9 Å². The first kappa shape index (κ1) is 13.5. The second-order valence-electron chi connectivity index (χ2n) is 5.06. The first-order valence-corrected chi connectivity index (χ1v) is 6.53. The summed E-state index contributed by atoms with van der Waals surface area (Å²) in [7, 11) is 0. The first-order valence-electron chi connectivity index (χ1n) is 6.53. The maximum absolute atomic E-state index is 10.7. The van der Waals surface area contributed by atoms with Gasteiger partial charge in [-0.1, -0.05) is 19.8 Å². The van der Waals surface area contributed by atoms with Crippen LogP contribution in [0.2, 0.25) is 0 Å². The number of carboxylic acids is 1. The second kappa shape index (κ2) is 6.24. The molecule has 3 nitrogen and oxygen atoms in total. The molecule has 0 saturated heterocycles. The predicted molar refractivity (Wildman–Crippen MR) is 65.5 cm³/mol. The fraction of sp³-hybridized carbons (Fsp3) is 0.923. The summed E-state index contributed by atoms with van der Waals surface area (Å²) in [6.45, 7) is 7.37. The Kier molecular flexibility index (Phi) is 5.26. The van der Waals surface area contributed by atoms with Crippen molar-refractivity contribution in [1.29, 1.82) is 0 Å². The molecule has 3 heteroatoms. The lowest BCUT2D eigenvalue weighted by Crippen LogP contribution is -2.44. The normalized spacial score (nSPS) is 21.2. The maximum Gasteiger partial charge on any atom is 0.304 e. The van der Waals surface area contributed by atoms with Gasteiger partial charge in [0.15, 0.2) is 0 Å². The van der Waals surface area contributed by atoms with E-state index in [1.54, 1.807) is 0 Å².